The summed E-state index contributed by atoms with van der Waals surface area (Å²) >= 11 is 5.81. The lowest BCUT2D eigenvalue weighted by molar-refractivity contribution is 0.910. The highest BCUT2D eigenvalue weighted by molar-refractivity contribution is 6.31. The predicted molar refractivity (Wildman–Crippen MR) is 53.6 cm³/mol. The first-order valence-electron chi connectivity index (χ1n) is 3.23. The Balaban J connectivity index is 0.00000121. The Kier molecular flexibility index (Phi) is 4.90. The van der Waals surface area contributed by atoms with Crippen LogP contribution in [0.1, 0.15) is 11.6 Å². The van der Waals surface area contributed by atoms with E-state index in [0.29, 0.717) is 5.02 Å². The van der Waals surface area contributed by atoms with Crippen molar-refractivity contribution in [3.63, 3.8) is 0 Å². The summed E-state index contributed by atoms with van der Waals surface area (Å²) in [6.45, 7) is 3.57. The number of pyridine rings is 1. The van der Waals surface area contributed by atoms with E-state index < -0.39 is 0 Å². The van der Waals surface area contributed by atoms with Crippen molar-refractivity contribution in [3.05, 3.63) is 41.7 Å². The molecule has 0 bridgehead atoms. The summed E-state index contributed by atoms with van der Waals surface area (Å²) in [5.74, 6) is 0. The minimum atomic E-state index is -0.203. The Bertz CT molecular complexity index is 263. The van der Waals surface area contributed by atoms with Crippen molar-refractivity contribution in [2.24, 2.45) is 5.73 Å². The summed E-state index contributed by atoms with van der Waals surface area (Å²) in [6, 6.07) is 1.58. The number of aromatic nitrogens is 1. The third-order valence-electron chi connectivity index (χ3n) is 1.42. The van der Waals surface area contributed by atoms with Crippen molar-refractivity contribution in [1.82, 2.24) is 4.98 Å². The molecular weight excluding hydrogens is 195 g/mol. The molecule has 0 amide bonds. The normalized spacial score (nSPS) is 11.5. The van der Waals surface area contributed by atoms with Gasteiger partial charge in [-0.2, -0.15) is 0 Å². The molecule has 0 aromatic carbocycles. The molecule has 1 aromatic rings. The molecule has 0 aliphatic heterocycles. The first-order valence-corrected chi connectivity index (χ1v) is 3.61. The Hall–Kier alpha value is -0.570. The summed E-state index contributed by atoms with van der Waals surface area (Å²) in [5, 5.41) is 0.583. The van der Waals surface area contributed by atoms with Gasteiger partial charge in [0.05, 0.1) is 5.02 Å². The SMILES string of the molecule is C=C[C@H](N)c1ccncc1Cl.Cl. The van der Waals surface area contributed by atoms with E-state index in [-0.39, 0.29) is 18.4 Å². The monoisotopic (exact) mass is 204 g/mol. The predicted octanol–water partition coefficient (Wildman–Crippen LogP) is 2.34. The van der Waals surface area contributed by atoms with E-state index in [1.807, 2.05) is 0 Å². The maximum atomic E-state index is 5.81. The number of rotatable bonds is 2. The van der Waals surface area contributed by atoms with E-state index >= 15 is 0 Å². The topological polar surface area (TPSA) is 38.9 Å². The molecular formula is C8H10Cl2N2. The molecule has 1 aromatic heterocycles. The number of hydrogen-bond acceptors (Lipinski definition) is 2. The second-order valence-corrected chi connectivity index (χ2v) is 2.57. The fraction of sp³-hybridized carbons (Fsp3) is 0.125. The van der Waals surface area contributed by atoms with Crippen molar-refractivity contribution in [2.75, 3.05) is 0 Å². The molecule has 1 atom stereocenters. The van der Waals surface area contributed by atoms with Crippen molar-refractivity contribution in [1.29, 1.82) is 0 Å². The first kappa shape index (κ1) is 11.4. The molecule has 0 aliphatic rings. The van der Waals surface area contributed by atoms with E-state index in [0.717, 1.165) is 5.56 Å². The van der Waals surface area contributed by atoms with Crippen LogP contribution in [0.3, 0.4) is 0 Å². The average molecular weight is 205 g/mol. The smallest absolute Gasteiger partial charge is 0.0640 e. The Morgan fingerprint density at radius 1 is 1.67 bits per heavy atom. The van der Waals surface area contributed by atoms with Gasteiger partial charge in [0, 0.05) is 18.4 Å². The van der Waals surface area contributed by atoms with Crippen LogP contribution < -0.4 is 5.73 Å². The quantitative estimate of drug-likeness (QED) is 0.752. The molecule has 0 aliphatic carbocycles. The van der Waals surface area contributed by atoms with Crippen LogP contribution in [0.25, 0.3) is 0 Å². The summed E-state index contributed by atoms with van der Waals surface area (Å²) < 4.78 is 0. The van der Waals surface area contributed by atoms with Crippen molar-refractivity contribution in [2.45, 2.75) is 6.04 Å². The third kappa shape index (κ3) is 2.48. The third-order valence-corrected chi connectivity index (χ3v) is 1.73. The van der Waals surface area contributed by atoms with E-state index in [9.17, 15) is 0 Å². The number of hydrogen-bond donors (Lipinski definition) is 1. The van der Waals surface area contributed by atoms with Crippen LogP contribution in [0.2, 0.25) is 5.02 Å². The molecule has 0 saturated heterocycles. The van der Waals surface area contributed by atoms with Crippen molar-refractivity contribution < 1.29 is 0 Å². The number of nitrogens with zero attached hydrogens (tertiary/aromatic N) is 1. The van der Waals surface area contributed by atoms with Crippen LogP contribution in [0.4, 0.5) is 0 Å². The standard InChI is InChI=1S/C8H9ClN2.ClH/c1-2-8(10)6-3-4-11-5-7(6)9;/h2-5,8H,1,10H2;1H/t8-;/m0./s1. The second-order valence-electron chi connectivity index (χ2n) is 2.16. The highest BCUT2D eigenvalue weighted by atomic mass is 35.5. The molecule has 2 nitrogen and oxygen atoms in total. The Morgan fingerprint density at radius 3 is 2.83 bits per heavy atom. The number of nitrogens with two attached hydrogens (primary N) is 1. The van der Waals surface area contributed by atoms with E-state index in [1.54, 1.807) is 24.5 Å². The second kappa shape index (κ2) is 5.14. The van der Waals surface area contributed by atoms with Crippen LogP contribution in [0.5, 0.6) is 0 Å². The van der Waals surface area contributed by atoms with Crippen molar-refractivity contribution >= 4 is 24.0 Å². The zero-order valence-corrected chi connectivity index (χ0v) is 7.98. The van der Waals surface area contributed by atoms with Crippen LogP contribution in [-0.4, -0.2) is 4.98 Å². The maximum Gasteiger partial charge on any atom is 0.0640 e. The van der Waals surface area contributed by atoms with Gasteiger partial charge in [-0.15, -0.1) is 19.0 Å². The van der Waals surface area contributed by atoms with Crippen LogP contribution in [-0.2, 0) is 0 Å². The van der Waals surface area contributed by atoms with Gasteiger partial charge in [0.2, 0.25) is 0 Å². The van der Waals surface area contributed by atoms with Gasteiger partial charge in [-0.05, 0) is 11.6 Å². The largest absolute Gasteiger partial charge is 0.321 e. The molecule has 0 saturated carbocycles. The number of halogens is 2. The highest BCUT2D eigenvalue weighted by Crippen LogP contribution is 2.19. The highest BCUT2D eigenvalue weighted by Gasteiger charge is 2.04. The van der Waals surface area contributed by atoms with Gasteiger partial charge in [0.25, 0.3) is 0 Å². The molecule has 2 N–H and O–H groups in total. The lowest BCUT2D eigenvalue weighted by Gasteiger charge is -2.06. The summed E-state index contributed by atoms with van der Waals surface area (Å²) in [4.78, 5) is 3.84. The van der Waals surface area contributed by atoms with Gasteiger partial charge in [-0.25, -0.2) is 0 Å². The van der Waals surface area contributed by atoms with E-state index in [4.69, 9.17) is 17.3 Å². The minimum Gasteiger partial charge on any atom is -0.321 e. The van der Waals surface area contributed by atoms with Crippen molar-refractivity contribution in [3.8, 4) is 0 Å². The molecule has 4 heteroatoms. The van der Waals surface area contributed by atoms with Gasteiger partial charge in [0.1, 0.15) is 0 Å². The van der Waals surface area contributed by atoms with Gasteiger partial charge >= 0.3 is 0 Å². The molecule has 66 valence electrons. The molecule has 0 fully saturated rings. The van der Waals surface area contributed by atoms with Crippen LogP contribution >= 0.6 is 24.0 Å². The Morgan fingerprint density at radius 2 is 2.33 bits per heavy atom. The molecule has 0 unspecified atom stereocenters. The van der Waals surface area contributed by atoms with Gasteiger partial charge in [-0.1, -0.05) is 17.7 Å². The molecule has 1 rings (SSSR count). The first-order chi connectivity index (χ1) is 5.25. The molecule has 1 heterocycles. The molecule has 0 radical (unpaired) electrons. The maximum absolute atomic E-state index is 5.81. The van der Waals surface area contributed by atoms with Crippen LogP contribution in [0, 0.1) is 0 Å². The average Bonchev–Trinajstić information content (AvgIpc) is 2.04. The molecule has 12 heavy (non-hydrogen) atoms. The van der Waals surface area contributed by atoms with E-state index in [1.165, 1.54) is 0 Å². The lowest BCUT2D eigenvalue weighted by Crippen LogP contribution is -2.06. The Labute approximate surface area is 82.9 Å². The fourth-order valence-corrected chi connectivity index (χ4v) is 1.03. The van der Waals surface area contributed by atoms with E-state index in [2.05, 4.69) is 11.6 Å². The summed E-state index contributed by atoms with van der Waals surface area (Å²) in [5.41, 5.74) is 6.52. The lowest BCUT2D eigenvalue weighted by atomic mass is 10.1. The zero-order valence-electron chi connectivity index (χ0n) is 6.40. The fourth-order valence-electron chi connectivity index (χ4n) is 0.783. The van der Waals surface area contributed by atoms with Gasteiger partial charge in [-0.3, -0.25) is 4.98 Å². The summed E-state index contributed by atoms with van der Waals surface area (Å²) in [7, 11) is 0. The van der Waals surface area contributed by atoms with Gasteiger partial charge < -0.3 is 5.73 Å². The van der Waals surface area contributed by atoms with Gasteiger partial charge in [0.15, 0.2) is 0 Å². The summed E-state index contributed by atoms with van der Waals surface area (Å²) in [6.07, 6.45) is 4.87. The minimum absolute atomic E-state index is 0. The molecule has 0 spiro atoms. The zero-order chi connectivity index (χ0) is 8.27. The van der Waals surface area contributed by atoms with Crippen LogP contribution in [0.15, 0.2) is 31.1 Å².